The second kappa shape index (κ2) is 3.88. The first-order chi connectivity index (χ1) is 5.27. The summed E-state index contributed by atoms with van der Waals surface area (Å²) in [6.07, 6.45) is 1.79. The highest BCUT2D eigenvalue weighted by Crippen LogP contribution is 2.13. The van der Waals surface area contributed by atoms with Gasteiger partial charge in [0.25, 0.3) is 0 Å². The standard InChI is InChI=1S/C7H12BrN3/c1-2-5-7(8)11-6(10-5)3-4-9/h2-4,9H2,1H3,(H,10,11). The fourth-order valence-electron chi connectivity index (χ4n) is 0.929. The van der Waals surface area contributed by atoms with Gasteiger partial charge in [0.15, 0.2) is 0 Å². The molecule has 1 aromatic heterocycles. The van der Waals surface area contributed by atoms with Crippen molar-refractivity contribution in [2.45, 2.75) is 19.8 Å². The van der Waals surface area contributed by atoms with Crippen molar-refractivity contribution in [3.05, 3.63) is 16.1 Å². The number of hydrogen-bond acceptors (Lipinski definition) is 2. The lowest BCUT2D eigenvalue weighted by atomic mass is 10.4. The van der Waals surface area contributed by atoms with E-state index in [1.54, 1.807) is 0 Å². The van der Waals surface area contributed by atoms with E-state index < -0.39 is 0 Å². The Hall–Kier alpha value is -0.350. The number of aromatic nitrogens is 2. The van der Waals surface area contributed by atoms with Crippen LogP contribution in [0, 0.1) is 0 Å². The Bertz CT molecular complexity index is 232. The van der Waals surface area contributed by atoms with Crippen molar-refractivity contribution in [2.75, 3.05) is 6.54 Å². The first-order valence-electron chi connectivity index (χ1n) is 3.71. The van der Waals surface area contributed by atoms with Crippen LogP contribution < -0.4 is 5.73 Å². The highest BCUT2D eigenvalue weighted by atomic mass is 79.9. The molecule has 0 amide bonds. The Labute approximate surface area is 74.5 Å². The SMILES string of the molecule is CCc1[nH]c(CCN)nc1Br. The van der Waals surface area contributed by atoms with Gasteiger partial charge in [0.1, 0.15) is 10.4 Å². The number of H-pyrrole nitrogens is 1. The summed E-state index contributed by atoms with van der Waals surface area (Å²) in [6.45, 7) is 2.73. The van der Waals surface area contributed by atoms with Crippen LogP contribution in [-0.2, 0) is 12.8 Å². The number of rotatable bonds is 3. The molecule has 0 aliphatic rings. The molecule has 4 heteroatoms. The molecule has 3 N–H and O–H groups in total. The van der Waals surface area contributed by atoms with E-state index in [-0.39, 0.29) is 0 Å². The highest BCUT2D eigenvalue weighted by Gasteiger charge is 2.03. The molecule has 0 unspecified atom stereocenters. The average Bonchev–Trinajstić information content (AvgIpc) is 2.32. The Morgan fingerprint density at radius 1 is 1.64 bits per heavy atom. The predicted octanol–water partition coefficient (Wildman–Crippen LogP) is 1.24. The van der Waals surface area contributed by atoms with Gasteiger partial charge in [-0.3, -0.25) is 0 Å². The summed E-state index contributed by atoms with van der Waals surface area (Å²) >= 11 is 3.36. The van der Waals surface area contributed by atoms with Crippen LogP contribution in [0.4, 0.5) is 0 Å². The van der Waals surface area contributed by atoms with E-state index in [9.17, 15) is 0 Å². The lowest BCUT2D eigenvalue weighted by molar-refractivity contribution is 0.884. The quantitative estimate of drug-likeness (QED) is 0.801. The van der Waals surface area contributed by atoms with Gasteiger partial charge in [-0.05, 0) is 28.9 Å². The summed E-state index contributed by atoms with van der Waals surface area (Å²) in [4.78, 5) is 7.45. The van der Waals surface area contributed by atoms with Gasteiger partial charge >= 0.3 is 0 Å². The molecular formula is C7H12BrN3. The first-order valence-corrected chi connectivity index (χ1v) is 4.50. The number of nitrogens with one attached hydrogen (secondary N) is 1. The van der Waals surface area contributed by atoms with Gasteiger partial charge in [-0.15, -0.1) is 0 Å². The van der Waals surface area contributed by atoms with E-state index in [1.807, 2.05) is 0 Å². The summed E-state index contributed by atoms with van der Waals surface area (Å²) in [6, 6.07) is 0. The maximum Gasteiger partial charge on any atom is 0.127 e. The molecule has 0 aliphatic heterocycles. The van der Waals surface area contributed by atoms with Crippen LogP contribution in [0.15, 0.2) is 4.60 Å². The van der Waals surface area contributed by atoms with Crippen LogP contribution >= 0.6 is 15.9 Å². The van der Waals surface area contributed by atoms with Crippen LogP contribution in [0.2, 0.25) is 0 Å². The predicted molar refractivity (Wildman–Crippen MR) is 48.4 cm³/mol. The van der Waals surface area contributed by atoms with E-state index in [1.165, 1.54) is 0 Å². The number of halogens is 1. The minimum atomic E-state index is 0.642. The van der Waals surface area contributed by atoms with Crippen molar-refractivity contribution >= 4 is 15.9 Å². The van der Waals surface area contributed by atoms with E-state index in [0.717, 1.165) is 29.0 Å². The van der Waals surface area contributed by atoms with Crippen LogP contribution in [0.1, 0.15) is 18.4 Å². The molecule has 0 saturated heterocycles. The minimum absolute atomic E-state index is 0.642. The first kappa shape index (κ1) is 8.74. The molecular weight excluding hydrogens is 206 g/mol. The zero-order valence-electron chi connectivity index (χ0n) is 6.52. The molecule has 11 heavy (non-hydrogen) atoms. The van der Waals surface area contributed by atoms with Crippen molar-refractivity contribution in [1.29, 1.82) is 0 Å². The molecule has 0 aromatic carbocycles. The Morgan fingerprint density at radius 3 is 2.82 bits per heavy atom. The number of aryl methyl sites for hydroxylation is 1. The molecule has 0 fully saturated rings. The zero-order valence-corrected chi connectivity index (χ0v) is 8.11. The second-order valence-corrected chi connectivity index (χ2v) is 3.10. The third kappa shape index (κ3) is 2.04. The van der Waals surface area contributed by atoms with Gasteiger partial charge in [0, 0.05) is 12.1 Å². The Morgan fingerprint density at radius 2 is 2.36 bits per heavy atom. The number of nitrogens with zero attached hydrogens (tertiary/aromatic N) is 1. The summed E-state index contributed by atoms with van der Waals surface area (Å²) in [5.41, 5.74) is 6.53. The number of aromatic amines is 1. The van der Waals surface area contributed by atoms with E-state index in [4.69, 9.17) is 5.73 Å². The van der Waals surface area contributed by atoms with Gasteiger partial charge in [0.2, 0.25) is 0 Å². The molecule has 1 rings (SSSR count). The lowest BCUT2D eigenvalue weighted by Crippen LogP contribution is -2.03. The van der Waals surface area contributed by atoms with E-state index in [0.29, 0.717) is 6.54 Å². The molecule has 0 saturated carbocycles. The smallest absolute Gasteiger partial charge is 0.127 e. The molecule has 3 nitrogen and oxygen atoms in total. The monoisotopic (exact) mass is 217 g/mol. The number of nitrogens with two attached hydrogens (primary N) is 1. The average molecular weight is 218 g/mol. The largest absolute Gasteiger partial charge is 0.345 e. The van der Waals surface area contributed by atoms with Crippen molar-refractivity contribution in [2.24, 2.45) is 5.73 Å². The van der Waals surface area contributed by atoms with Crippen LogP contribution in [0.3, 0.4) is 0 Å². The Kier molecular flexibility index (Phi) is 3.08. The third-order valence-electron chi connectivity index (χ3n) is 1.51. The Balaban J connectivity index is 2.77. The second-order valence-electron chi connectivity index (χ2n) is 2.35. The van der Waals surface area contributed by atoms with Gasteiger partial charge in [-0.2, -0.15) is 0 Å². The molecule has 62 valence electrons. The van der Waals surface area contributed by atoms with Gasteiger partial charge in [-0.25, -0.2) is 4.98 Å². The van der Waals surface area contributed by atoms with Gasteiger partial charge in [-0.1, -0.05) is 6.92 Å². The van der Waals surface area contributed by atoms with Gasteiger partial charge < -0.3 is 10.7 Å². The molecule has 1 heterocycles. The molecule has 0 spiro atoms. The van der Waals surface area contributed by atoms with Crippen molar-refractivity contribution in [3.63, 3.8) is 0 Å². The molecule has 0 aliphatic carbocycles. The van der Waals surface area contributed by atoms with Crippen LogP contribution in [-0.4, -0.2) is 16.5 Å². The lowest BCUT2D eigenvalue weighted by Gasteiger charge is -1.89. The fraction of sp³-hybridized carbons (Fsp3) is 0.571. The van der Waals surface area contributed by atoms with Crippen LogP contribution in [0.25, 0.3) is 0 Å². The molecule has 0 bridgehead atoms. The highest BCUT2D eigenvalue weighted by molar-refractivity contribution is 9.10. The van der Waals surface area contributed by atoms with Crippen molar-refractivity contribution < 1.29 is 0 Å². The molecule has 1 aromatic rings. The molecule has 0 radical (unpaired) electrons. The summed E-state index contributed by atoms with van der Waals surface area (Å²) in [5.74, 6) is 0.969. The number of hydrogen-bond donors (Lipinski definition) is 2. The fourth-order valence-corrected chi connectivity index (χ4v) is 1.52. The number of imidazole rings is 1. The van der Waals surface area contributed by atoms with Gasteiger partial charge in [0.05, 0.1) is 0 Å². The normalized spacial score (nSPS) is 10.5. The van der Waals surface area contributed by atoms with E-state index >= 15 is 0 Å². The van der Waals surface area contributed by atoms with Crippen molar-refractivity contribution in [3.8, 4) is 0 Å². The van der Waals surface area contributed by atoms with Crippen molar-refractivity contribution in [1.82, 2.24) is 9.97 Å². The maximum atomic E-state index is 5.39. The topological polar surface area (TPSA) is 54.7 Å². The minimum Gasteiger partial charge on any atom is -0.345 e. The van der Waals surface area contributed by atoms with Crippen LogP contribution in [0.5, 0.6) is 0 Å². The molecule has 0 atom stereocenters. The third-order valence-corrected chi connectivity index (χ3v) is 2.17. The zero-order chi connectivity index (χ0) is 8.27. The maximum absolute atomic E-state index is 5.39. The summed E-state index contributed by atoms with van der Waals surface area (Å²) in [7, 11) is 0. The van der Waals surface area contributed by atoms with E-state index in [2.05, 4.69) is 32.8 Å². The summed E-state index contributed by atoms with van der Waals surface area (Å²) < 4.78 is 0.920. The summed E-state index contributed by atoms with van der Waals surface area (Å²) in [5, 5.41) is 0.